The third-order valence-electron chi connectivity index (χ3n) is 0.792. The normalized spacial score (nSPS) is 11.9. The van der Waals surface area contributed by atoms with Gasteiger partial charge in [0.1, 0.15) is 0 Å². The average molecular weight is 257 g/mol. The van der Waals surface area contributed by atoms with Crippen LogP contribution in [-0.4, -0.2) is 106 Å². The van der Waals surface area contributed by atoms with Crippen molar-refractivity contribution in [3.63, 3.8) is 0 Å². The summed E-state index contributed by atoms with van der Waals surface area (Å²) in [6.45, 7) is 1.29. The molecule has 0 aliphatic heterocycles. The fraction of sp³-hybridized carbons (Fsp3) is 0.750. The average Bonchev–Trinajstić information content (AvgIpc) is 1.84. The van der Waals surface area contributed by atoms with Crippen LogP contribution in [0.25, 0.3) is 0 Å². The largest absolute Gasteiger partial charge is 2.00 e. The van der Waals surface area contributed by atoms with Gasteiger partial charge in [-0.1, -0.05) is 0 Å². The van der Waals surface area contributed by atoms with Gasteiger partial charge in [-0.2, -0.15) is 0 Å². The minimum Gasteiger partial charge on any atom is -0.907 e. The minimum absolute atomic E-state index is 0. The molecule has 0 bridgehead atoms. The summed E-state index contributed by atoms with van der Waals surface area (Å²) < 4.78 is 0. The second-order valence-electron chi connectivity index (χ2n) is 1.87. The van der Waals surface area contributed by atoms with Crippen LogP contribution in [0, 0.1) is 0 Å². The first-order chi connectivity index (χ1) is 5.29. The second-order valence-corrected chi connectivity index (χ2v) is 1.87. The van der Waals surface area contributed by atoms with Crippen molar-refractivity contribution in [2.24, 2.45) is 5.73 Å². The number of hydrogen-bond acceptors (Lipinski definition) is 7. The summed E-state index contributed by atoms with van der Waals surface area (Å²) in [6.07, 6.45) is -1.04. The van der Waals surface area contributed by atoms with Crippen molar-refractivity contribution in [2.75, 3.05) is 0 Å². The number of aliphatic hydroxyl groups is 1. The Hall–Kier alpha value is 1.85. The van der Waals surface area contributed by atoms with Crippen LogP contribution in [0.5, 0.6) is 0 Å². The van der Waals surface area contributed by atoms with Crippen molar-refractivity contribution in [2.45, 2.75) is 19.1 Å². The van der Waals surface area contributed by atoms with E-state index < -0.39 is 25.4 Å². The molecular formula is C4H8BCa2NO6. The van der Waals surface area contributed by atoms with E-state index in [9.17, 15) is 9.90 Å². The number of rotatable bonds is 2. The maximum atomic E-state index is 9.74. The van der Waals surface area contributed by atoms with E-state index >= 15 is 0 Å². The van der Waals surface area contributed by atoms with Crippen molar-refractivity contribution in [3.8, 4) is 0 Å². The molecule has 0 spiro atoms. The van der Waals surface area contributed by atoms with Crippen LogP contribution in [-0.2, 0) is 4.79 Å². The number of carbonyl (C=O) groups is 1. The van der Waals surface area contributed by atoms with Crippen molar-refractivity contribution >= 4 is 88.8 Å². The van der Waals surface area contributed by atoms with Gasteiger partial charge >= 0.3 is 75.5 Å². The summed E-state index contributed by atoms with van der Waals surface area (Å²) >= 11 is 0. The molecule has 0 aromatic carbocycles. The topological polar surface area (TPSA) is 156 Å². The number of carbonyl (C=O) groups excluding carboxylic acids is 1. The molecule has 0 fully saturated rings. The molecule has 3 N–H and O–H groups in total. The Morgan fingerprint density at radius 2 is 1.57 bits per heavy atom. The summed E-state index contributed by atoms with van der Waals surface area (Å²) in [5, 5.41) is 43.4. The molecule has 0 unspecified atom stereocenters. The molecular weight excluding hydrogens is 249 g/mol. The molecule has 72 valence electrons. The van der Waals surface area contributed by atoms with Crippen LogP contribution in [0.15, 0.2) is 0 Å². The molecule has 0 radical (unpaired) electrons. The Kier molecular flexibility index (Phi) is 26.4. The van der Waals surface area contributed by atoms with E-state index in [0.29, 0.717) is 0 Å². The molecule has 0 aliphatic carbocycles. The Bertz CT molecular complexity index is 134. The summed E-state index contributed by atoms with van der Waals surface area (Å²) in [7, 11) is -2.92. The van der Waals surface area contributed by atoms with Gasteiger partial charge in [0.25, 0.3) is 0 Å². The quantitative estimate of drug-likeness (QED) is 0.465. The van der Waals surface area contributed by atoms with E-state index in [1.54, 1.807) is 0 Å². The number of carboxylic acid groups (broad SMARTS) is 1. The van der Waals surface area contributed by atoms with Gasteiger partial charge in [-0.15, -0.1) is 0 Å². The molecule has 14 heavy (non-hydrogen) atoms. The standard InChI is InChI=1S/C4H9NO3.BO3.2Ca/c1-2(6)3(5)4(7)8;2-1(3)4;;/h2-3,6H,5H2,1H3,(H,7,8);;;/q;-3;2*+2/p-1/t2-,3+;;;/m1.../s1. The van der Waals surface area contributed by atoms with E-state index in [-0.39, 0.29) is 75.5 Å². The zero-order valence-corrected chi connectivity index (χ0v) is 12.1. The van der Waals surface area contributed by atoms with Crippen LogP contribution >= 0.6 is 0 Å². The smallest absolute Gasteiger partial charge is 0.907 e. The van der Waals surface area contributed by atoms with E-state index in [0.717, 1.165) is 0 Å². The van der Waals surface area contributed by atoms with Crippen molar-refractivity contribution < 1.29 is 30.1 Å². The maximum absolute atomic E-state index is 9.74. The van der Waals surface area contributed by atoms with Crippen molar-refractivity contribution in [1.29, 1.82) is 0 Å². The van der Waals surface area contributed by atoms with Gasteiger partial charge in [0.15, 0.2) is 0 Å². The van der Waals surface area contributed by atoms with Gasteiger partial charge in [-0.05, 0) is 6.92 Å². The third kappa shape index (κ3) is 23.6. The minimum atomic E-state index is -2.92. The number of hydrogen-bond donors (Lipinski definition) is 2. The van der Waals surface area contributed by atoms with E-state index in [1.807, 2.05) is 0 Å². The number of carboxylic acids is 1. The zero-order chi connectivity index (χ0) is 10.3. The van der Waals surface area contributed by atoms with Gasteiger partial charge in [0, 0.05) is 0 Å². The molecule has 0 aromatic heterocycles. The molecule has 0 amide bonds. The summed E-state index contributed by atoms with van der Waals surface area (Å²) in [5.41, 5.74) is 4.85. The fourth-order valence-electron chi connectivity index (χ4n) is 0.197. The van der Waals surface area contributed by atoms with Crippen LogP contribution in [0.1, 0.15) is 6.92 Å². The number of aliphatic hydroxyl groups excluding tert-OH is 1. The third-order valence-corrected chi connectivity index (χ3v) is 0.792. The van der Waals surface area contributed by atoms with Crippen molar-refractivity contribution in [1.82, 2.24) is 0 Å². The molecule has 10 heteroatoms. The molecule has 0 saturated heterocycles. The van der Waals surface area contributed by atoms with E-state index in [2.05, 4.69) is 0 Å². The second kappa shape index (κ2) is 14.9. The van der Waals surface area contributed by atoms with Gasteiger partial charge in [-0.3, -0.25) is 7.32 Å². The first-order valence-corrected chi connectivity index (χ1v) is 2.91. The predicted molar refractivity (Wildman–Crippen MR) is 41.9 cm³/mol. The molecule has 0 heterocycles. The molecule has 0 rings (SSSR count). The Morgan fingerprint density at radius 1 is 1.36 bits per heavy atom. The van der Waals surface area contributed by atoms with Crippen LogP contribution in [0.3, 0.4) is 0 Å². The molecule has 0 aliphatic rings. The van der Waals surface area contributed by atoms with Gasteiger partial charge in [0.05, 0.1) is 18.1 Å². The summed E-state index contributed by atoms with van der Waals surface area (Å²) in [4.78, 5) is 9.74. The number of nitrogens with two attached hydrogens (primary N) is 1. The Morgan fingerprint density at radius 3 is 1.57 bits per heavy atom. The SMILES string of the molecule is C[C@@H](O)[C@H](N)C(=O)[O-].[Ca+2].[Ca+2].[O-]B([O-])[O-]. The maximum Gasteiger partial charge on any atom is 2.00 e. The predicted octanol–water partition coefficient (Wildman–Crippen LogP) is -7.26. The number of aliphatic carboxylic acids is 1. The van der Waals surface area contributed by atoms with Crippen LogP contribution < -0.4 is 25.9 Å². The summed E-state index contributed by atoms with van der Waals surface area (Å²) in [6, 6.07) is -1.27. The van der Waals surface area contributed by atoms with Crippen molar-refractivity contribution in [3.05, 3.63) is 0 Å². The monoisotopic (exact) mass is 257 g/mol. The molecule has 7 nitrogen and oxygen atoms in total. The first kappa shape index (κ1) is 24.9. The van der Waals surface area contributed by atoms with Crippen LogP contribution in [0.2, 0.25) is 0 Å². The molecule has 2 atom stereocenters. The van der Waals surface area contributed by atoms with E-state index in [4.69, 9.17) is 25.9 Å². The van der Waals surface area contributed by atoms with Gasteiger partial charge < -0.3 is 35.8 Å². The Balaban J connectivity index is -0.0000000733. The van der Waals surface area contributed by atoms with Gasteiger partial charge in [0.2, 0.25) is 0 Å². The molecule has 0 saturated carbocycles. The summed E-state index contributed by atoms with van der Waals surface area (Å²) in [5.74, 6) is -1.43. The Labute approximate surface area is 141 Å². The van der Waals surface area contributed by atoms with Gasteiger partial charge in [-0.25, -0.2) is 0 Å². The van der Waals surface area contributed by atoms with E-state index in [1.165, 1.54) is 6.92 Å². The fourth-order valence-corrected chi connectivity index (χ4v) is 0.197. The zero-order valence-electron chi connectivity index (χ0n) is 7.71. The molecule has 0 aromatic rings. The first-order valence-electron chi connectivity index (χ1n) is 2.91. The van der Waals surface area contributed by atoms with Crippen LogP contribution in [0.4, 0.5) is 0 Å².